The zero-order chi connectivity index (χ0) is 11.7. The Kier molecular flexibility index (Phi) is 3.50. The van der Waals surface area contributed by atoms with Gasteiger partial charge in [0.1, 0.15) is 6.10 Å². The van der Waals surface area contributed by atoms with Gasteiger partial charge >= 0.3 is 0 Å². The van der Waals surface area contributed by atoms with Crippen molar-refractivity contribution in [2.75, 3.05) is 13.1 Å². The molecule has 4 nitrogen and oxygen atoms in total. The van der Waals surface area contributed by atoms with E-state index in [9.17, 15) is 9.90 Å². The lowest BCUT2D eigenvalue weighted by Gasteiger charge is -2.35. The van der Waals surface area contributed by atoms with Crippen molar-refractivity contribution >= 4 is 5.91 Å². The number of carbonyl (C=O) groups is 1. The summed E-state index contributed by atoms with van der Waals surface area (Å²) in [5.74, 6) is 0.364. The van der Waals surface area contributed by atoms with Crippen molar-refractivity contribution in [1.29, 1.82) is 0 Å². The number of carbonyl (C=O) groups excluding carboxylic acids is 1. The van der Waals surface area contributed by atoms with E-state index in [0.29, 0.717) is 12.5 Å². The zero-order valence-corrected chi connectivity index (χ0v) is 10.1. The van der Waals surface area contributed by atoms with Crippen molar-refractivity contribution < 1.29 is 14.6 Å². The van der Waals surface area contributed by atoms with E-state index in [2.05, 4.69) is 0 Å². The van der Waals surface area contributed by atoms with Crippen LogP contribution in [0.4, 0.5) is 0 Å². The van der Waals surface area contributed by atoms with Gasteiger partial charge in [0.15, 0.2) is 0 Å². The third kappa shape index (κ3) is 2.38. The van der Waals surface area contributed by atoms with Crippen molar-refractivity contribution in [1.82, 2.24) is 4.90 Å². The molecule has 2 saturated heterocycles. The van der Waals surface area contributed by atoms with Crippen LogP contribution in [0.2, 0.25) is 0 Å². The number of nitrogens with zero attached hydrogens (tertiary/aromatic N) is 1. The summed E-state index contributed by atoms with van der Waals surface area (Å²) in [5.41, 5.74) is 0. The van der Waals surface area contributed by atoms with Crippen LogP contribution >= 0.6 is 0 Å². The van der Waals surface area contributed by atoms with Gasteiger partial charge in [0, 0.05) is 13.1 Å². The van der Waals surface area contributed by atoms with Gasteiger partial charge in [-0.3, -0.25) is 4.79 Å². The van der Waals surface area contributed by atoms with E-state index in [1.807, 2.05) is 13.8 Å². The number of ether oxygens (including phenoxy) is 1. The highest BCUT2D eigenvalue weighted by Crippen LogP contribution is 2.23. The number of likely N-dealkylation sites (tertiary alicyclic amines) is 1. The Labute approximate surface area is 96.6 Å². The normalized spacial score (nSPS) is 40.1. The van der Waals surface area contributed by atoms with Gasteiger partial charge in [0.05, 0.1) is 12.2 Å². The van der Waals surface area contributed by atoms with Crippen molar-refractivity contribution in [2.24, 2.45) is 5.92 Å². The van der Waals surface area contributed by atoms with E-state index >= 15 is 0 Å². The highest BCUT2D eigenvalue weighted by Gasteiger charge is 2.34. The lowest BCUT2D eigenvalue weighted by Crippen LogP contribution is -2.49. The molecule has 2 heterocycles. The van der Waals surface area contributed by atoms with Gasteiger partial charge in [0.2, 0.25) is 0 Å². The Morgan fingerprint density at radius 2 is 2.06 bits per heavy atom. The van der Waals surface area contributed by atoms with E-state index < -0.39 is 0 Å². The van der Waals surface area contributed by atoms with E-state index in [1.165, 1.54) is 0 Å². The first-order valence-electron chi connectivity index (χ1n) is 6.20. The lowest BCUT2D eigenvalue weighted by atomic mass is 9.95. The van der Waals surface area contributed by atoms with Crippen LogP contribution in [0.5, 0.6) is 0 Å². The molecule has 16 heavy (non-hydrogen) atoms. The Balaban J connectivity index is 1.90. The second-order valence-corrected chi connectivity index (χ2v) is 5.13. The van der Waals surface area contributed by atoms with Crippen LogP contribution in [-0.4, -0.2) is 47.3 Å². The molecule has 92 valence electrons. The largest absolute Gasteiger partial charge is 0.391 e. The summed E-state index contributed by atoms with van der Waals surface area (Å²) < 4.78 is 5.57. The van der Waals surface area contributed by atoms with Gasteiger partial charge < -0.3 is 14.7 Å². The summed E-state index contributed by atoms with van der Waals surface area (Å²) in [7, 11) is 0. The fourth-order valence-corrected chi connectivity index (χ4v) is 2.44. The molecule has 1 N–H and O–H groups in total. The van der Waals surface area contributed by atoms with Crippen LogP contribution in [0.3, 0.4) is 0 Å². The summed E-state index contributed by atoms with van der Waals surface area (Å²) in [5, 5.41) is 9.76. The van der Waals surface area contributed by atoms with Crippen molar-refractivity contribution in [3.63, 3.8) is 0 Å². The van der Waals surface area contributed by atoms with E-state index in [1.54, 1.807) is 4.90 Å². The molecule has 0 bridgehead atoms. The van der Waals surface area contributed by atoms with Gasteiger partial charge in [-0.05, 0) is 32.1 Å². The number of rotatable bonds is 1. The first-order valence-corrected chi connectivity index (χ1v) is 6.20. The van der Waals surface area contributed by atoms with Crippen molar-refractivity contribution in [3.8, 4) is 0 Å². The van der Waals surface area contributed by atoms with Gasteiger partial charge in [-0.2, -0.15) is 0 Å². The number of aliphatic hydroxyl groups is 1. The Bertz CT molecular complexity index is 269. The topological polar surface area (TPSA) is 49.8 Å². The molecule has 2 rings (SSSR count). The summed E-state index contributed by atoms with van der Waals surface area (Å²) in [4.78, 5) is 13.8. The number of amides is 1. The molecule has 0 radical (unpaired) electrons. The maximum absolute atomic E-state index is 12.1. The Morgan fingerprint density at radius 3 is 2.62 bits per heavy atom. The minimum absolute atomic E-state index is 0.0651. The highest BCUT2D eigenvalue weighted by atomic mass is 16.5. The zero-order valence-electron chi connectivity index (χ0n) is 10.1. The molecule has 4 unspecified atom stereocenters. The van der Waals surface area contributed by atoms with E-state index in [-0.39, 0.29) is 24.2 Å². The Hall–Kier alpha value is -0.610. The molecule has 0 aromatic carbocycles. The summed E-state index contributed by atoms with van der Waals surface area (Å²) in [6, 6.07) is 0. The van der Waals surface area contributed by atoms with Crippen molar-refractivity contribution in [2.45, 2.75) is 51.4 Å². The minimum atomic E-state index is -0.378. The predicted molar refractivity (Wildman–Crippen MR) is 59.9 cm³/mol. The maximum atomic E-state index is 12.1. The fourth-order valence-electron chi connectivity index (χ4n) is 2.44. The first kappa shape index (κ1) is 11.9. The highest BCUT2D eigenvalue weighted by molar-refractivity contribution is 5.81. The standard InChI is InChI=1S/C12H21NO3/c1-8-5-6-13(7-10(8)14)12(15)11-4-3-9(2)16-11/h8-11,14H,3-7H2,1-2H3. The second-order valence-electron chi connectivity index (χ2n) is 5.13. The Morgan fingerprint density at radius 1 is 1.31 bits per heavy atom. The quantitative estimate of drug-likeness (QED) is 0.720. The predicted octanol–water partition coefficient (Wildman–Crippen LogP) is 0.783. The molecule has 2 aliphatic heterocycles. The van der Waals surface area contributed by atoms with E-state index in [0.717, 1.165) is 25.8 Å². The number of piperidine rings is 1. The fraction of sp³-hybridized carbons (Fsp3) is 0.917. The number of aliphatic hydroxyl groups excluding tert-OH is 1. The summed E-state index contributed by atoms with van der Waals surface area (Å²) >= 11 is 0. The number of hydrogen-bond acceptors (Lipinski definition) is 3. The summed E-state index contributed by atoms with van der Waals surface area (Å²) in [6.45, 7) is 5.25. The molecule has 2 fully saturated rings. The molecule has 2 aliphatic rings. The molecule has 0 aromatic rings. The van der Waals surface area contributed by atoms with Crippen LogP contribution in [0, 0.1) is 5.92 Å². The number of hydrogen-bond donors (Lipinski definition) is 1. The second kappa shape index (κ2) is 4.72. The van der Waals surface area contributed by atoms with Crippen LogP contribution in [0.1, 0.15) is 33.1 Å². The third-order valence-corrected chi connectivity index (χ3v) is 3.74. The smallest absolute Gasteiger partial charge is 0.251 e. The molecular weight excluding hydrogens is 206 g/mol. The van der Waals surface area contributed by atoms with Gasteiger partial charge in [-0.25, -0.2) is 0 Å². The van der Waals surface area contributed by atoms with Gasteiger partial charge in [0.25, 0.3) is 5.91 Å². The monoisotopic (exact) mass is 227 g/mol. The van der Waals surface area contributed by atoms with Gasteiger partial charge in [-0.1, -0.05) is 6.92 Å². The van der Waals surface area contributed by atoms with Crippen LogP contribution in [0.25, 0.3) is 0 Å². The molecule has 0 saturated carbocycles. The SMILES string of the molecule is CC1CCC(C(=O)N2CCC(C)C(O)C2)O1. The maximum Gasteiger partial charge on any atom is 0.251 e. The lowest BCUT2D eigenvalue weighted by molar-refractivity contribution is -0.146. The third-order valence-electron chi connectivity index (χ3n) is 3.74. The molecule has 0 aromatic heterocycles. The molecule has 0 aliphatic carbocycles. The average molecular weight is 227 g/mol. The molecular formula is C12H21NO3. The van der Waals surface area contributed by atoms with Crippen LogP contribution < -0.4 is 0 Å². The molecule has 0 spiro atoms. The first-order chi connectivity index (χ1) is 7.58. The summed E-state index contributed by atoms with van der Waals surface area (Å²) in [6.07, 6.45) is 2.22. The van der Waals surface area contributed by atoms with Crippen LogP contribution in [0.15, 0.2) is 0 Å². The molecule has 1 amide bonds. The van der Waals surface area contributed by atoms with Gasteiger partial charge in [-0.15, -0.1) is 0 Å². The van der Waals surface area contributed by atoms with E-state index in [4.69, 9.17) is 4.74 Å². The van der Waals surface area contributed by atoms with Crippen LogP contribution in [-0.2, 0) is 9.53 Å². The van der Waals surface area contributed by atoms with Crippen molar-refractivity contribution in [3.05, 3.63) is 0 Å². The molecule has 4 heteroatoms. The minimum Gasteiger partial charge on any atom is -0.391 e. The average Bonchev–Trinajstić information content (AvgIpc) is 2.68. The molecule has 4 atom stereocenters. The number of β-amino-alcohol motifs (C(OH)–C–C–N with tert-alkyl or cyclic N) is 1.